The predicted octanol–water partition coefficient (Wildman–Crippen LogP) is 4.66. The highest BCUT2D eigenvalue weighted by atomic mass is 32.1. The molecular formula is C19H11F3N4O2S. The van der Waals surface area contributed by atoms with Gasteiger partial charge in [0.25, 0.3) is 5.91 Å². The summed E-state index contributed by atoms with van der Waals surface area (Å²) in [6, 6.07) is 11.3. The molecule has 2 heterocycles. The van der Waals surface area contributed by atoms with Crippen LogP contribution in [0.5, 0.6) is 11.6 Å². The summed E-state index contributed by atoms with van der Waals surface area (Å²) < 4.78 is 44.7. The Morgan fingerprint density at radius 1 is 1.07 bits per heavy atom. The molecule has 4 rings (SSSR count). The van der Waals surface area contributed by atoms with Crippen molar-refractivity contribution < 1.29 is 22.7 Å². The topological polar surface area (TPSA) is 91.0 Å². The molecule has 0 saturated carbocycles. The van der Waals surface area contributed by atoms with Crippen molar-refractivity contribution in [3.63, 3.8) is 0 Å². The molecule has 6 nitrogen and oxygen atoms in total. The average Bonchev–Trinajstić information content (AvgIpc) is 3.14. The lowest BCUT2D eigenvalue weighted by Crippen LogP contribution is -2.09. The van der Waals surface area contributed by atoms with Crippen LogP contribution in [0.3, 0.4) is 0 Å². The first-order valence-corrected chi connectivity index (χ1v) is 9.00. The zero-order valence-electron chi connectivity index (χ0n) is 14.5. The lowest BCUT2D eigenvalue weighted by atomic mass is 10.1. The van der Waals surface area contributed by atoms with Gasteiger partial charge in [-0.15, -0.1) is 11.3 Å². The molecule has 2 aromatic heterocycles. The van der Waals surface area contributed by atoms with Crippen molar-refractivity contribution in [1.82, 2.24) is 15.0 Å². The van der Waals surface area contributed by atoms with Gasteiger partial charge in [0.1, 0.15) is 11.8 Å². The SMILES string of the molecule is NC(=O)c1nc2c(Oc3cc(-c4ccc(C(F)(F)F)cc4)ncn3)cccc2s1. The van der Waals surface area contributed by atoms with Gasteiger partial charge in [-0.25, -0.2) is 15.0 Å². The number of aromatic nitrogens is 3. The average molecular weight is 416 g/mol. The first-order valence-electron chi connectivity index (χ1n) is 8.18. The van der Waals surface area contributed by atoms with E-state index in [-0.39, 0.29) is 10.9 Å². The van der Waals surface area contributed by atoms with Crippen LogP contribution in [0.1, 0.15) is 15.4 Å². The van der Waals surface area contributed by atoms with Crippen LogP contribution in [0.4, 0.5) is 13.2 Å². The van der Waals surface area contributed by atoms with E-state index in [1.54, 1.807) is 18.2 Å². The van der Waals surface area contributed by atoms with Gasteiger partial charge in [0.2, 0.25) is 5.88 Å². The maximum atomic E-state index is 12.7. The highest BCUT2D eigenvalue weighted by Gasteiger charge is 2.30. The Morgan fingerprint density at radius 2 is 1.83 bits per heavy atom. The highest BCUT2D eigenvalue weighted by Crippen LogP contribution is 2.34. The fraction of sp³-hybridized carbons (Fsp3) is 0.0526. The van der Waals surface area contributed by atoms with Crippen molar-refractivity contribution >= 4 is 27.5 Å². The van der Waals surface area contributed by atoms with Gasteiger partial charge >= 0.3 is 6.18 Å². The van der Waals surface area contributed by atoms with Gasteiger partial charge in [-0.3, -0.25) is 4.79 Å². The molecule has 0 aliphatic heterocycles. The minimum atomic E-state index is -4.41. The smallest absolute Gasteiger partial charge is 0.416 e. The van der Waals surface area contributed by atoms with Crippen LogP contribution in [0.2, 0.25) is 0 Å². The Morgan fingerprint density at radius 3 is 2.52 bits per heavy atom. The maximum absolute atomic E-state index is 12.7. The second kappa shape index (κ2) is 7.13. The van der Waals surface area contributed by atoms with Gasteiger partial charge in [-0.1, -0.05) is 18.2 Å². The predicted molar refractivity (Wildman–Crippen MR) is 101 cm³/mol. The molecule has 29 heavy (non-hydrogen) atoms. The molecular weight excluding hydrogens is 405 g/mol. The maximum Gasteiger partial charge on any atom is 0.416 e. The molecule has 0 aliphatic carbocycles. The molecule has 2 aromatic carbocycles. The number of thiazole rings is 1. The first kappa shape index (κ1) is 18.8. The number of alkyl halides is 3. The molecule has 0 radical (unpaired) electrons. The van der Waals surface area contributed by atoms with Crippen LogP contribution < -0.4 is 10.5 Å². The van der Waals surface area contributed by atoms with Crippen LogP contribution >= 0.6 is 11.3 Å². The monoisotopic (exact) mass is 416 g/mol. The fourth-order valence-electron chi connectivity index (χ4n) is 2.61. The number of nitrogens with two attached hydrogens (primary N) is 1. The molecule has 0 spiro atoms. The lowest BCUT2D eigenvalue weighted by Gasteiger charge is -2.09. The van der Waals surface area contributed by atoms with E-state index >= 15 is 0 Å². The number of hydrogen-bond donors (Lipinski definition) is 1. The summed E-state index contributed by atoms with van der Waals surface area (Å²) in [5.74, 6) is -0.0943. The molecule has 0 saturated heterocycles. The number of benzene rings is 2. The number of carbonyl (C=O) groups excluding carboxylic acids is 1. The third kappa shape index (κ3) is 3.87. The second-order valence-corrected chi connectivity index (χ2v) is 6.94. The fourth-order valence-corrected chi connectivity index (χ4v) is 3.44. The molecule has 146 valence electrons. The minimum Gasteiger partial charge on any atom is -0.437 e. The molecule has 0 unspecified atom stereocenters. The number of halogens is 3. The molecule has 10 heteroatoms. The molecule has 0 bridgehead atoms. The van der Waals surface area contributed by atoms with Crippen molar-refractivity contribution in [2.75, 3.05) is 0 Å². The first-order chi connectivity index (χ1) is 13.8. The van der Waals surface area contributed by atoms with Crippen molar-refractivity contribution in [3.8, 4) is 22.9 Å². The number of primary amides is 1. The molecule has 0 aliphatic rings. The summed E-state index contributed by atoms with van der Waals surface area (Å²) in [7, 11) is 0. The van der Waals surface area contributed by atoms with E-state index in [1.165, 1.54) is 24.5 Å². The van der Waals surface area contributed by atoms with E-state index < -0.39 is 17.6 Å². The molecule has 0 atom stereocenters. The van der Waals surface area contributed by atoms with Crippen LogP contribution in [0.25, 0.3) is 21.5 Å². The number of nitrogens with zero attached hydrogens (tertiary/aromatic N) is 3. The second-order valence-electron chi connectivity index (χ2n) is 5.90. The number of para-hydroxylation sites is 1. The summed E-state index contributed by atoms with van der Waals surface area (Å²) in [6.07, 6.45) is -3.16. The Kier molecular flexibility index (Phi) is 4.63. The van der Waals surface area contributed by atoms with Gasteiger partial charge < -0.3 is 10.5 Å². The third-order valence-electron chi connectivity index (χ3n) is 3.96. The third-order valence-corrected chi connectivity index (χ3v) is 4.99. The molecule has 1 amide bonds. The van der Waals surface area contributed by atoms with Crippen LogP contribution in [0, 0.1) is 0 Å². The van der Waals surface area contributed by atoms with Gasteiger partial charge in [0.15, 0.2) is 10.8 Å². The Balaban J connectivity index is 1.65. The number of ether oxygens (including phenoxy) is 1. The summed E-state index contributed by atoms with van der Waals surface area (Å²) in [4.78, 5) is 23.7. The van der Waals surface area contributed by atoms with Gasteiger partial charge in [-0.2, -0.15) is 13.2 Å². The Hall–Kier alpha value is -3.53. The van der Waals surface area contributed by atoms with Gasteiger partial charge in [0.05, 0.1) is 16.0 Å². The van der Waals surface area contributed by atoms with Crippen LogP contribution in [-0.2, 0) is 6.18 Å². The normalized spacial score (nSPS) is 11.6. The standard InChI is InChI=1S/C19H11F3N4O2S/c20-19(21,22)11-6-4-10(5-7-11)12-8-15(25-9-24-12)28-13-2-1-3-14-16(13)26-18(29-14)17(23)27/h1-9H,(H2,23,27). The number of carbonyl (C=O) groups is 1. The van der Waals surface area contributed by atoms with Crippen LogP contribution in [0.15, 0.2) is 54.9 Å². The quantitative estimate of drug-likeness (QED) is 0.522. The van der Waals surface area contributed by atoms with Crippen molar-refractivity contribution in [1.29, 1.82) is 0 Å². The summed E-state index contributed by atoms with van der Waals surface area (Å²) >= 11 is 1.14. The number of amides is 1. The van der Waals surface area contributed by atoms with E-state index in [0.717, 1.165) is 23.5 Å². The van der Waals surface area contributed by atoms with Gasteiger partial charge in [0, 0.05) is 11.6 Å². The number of hydrogen-bond acceptors (Lipinski definition) is 6. The van der Waals surface area contributed by atoms with Crippen molar-refractivity contribution in [3.05, 3.63) is 65.4 Å². The summed E-state index contributed by atoms with van der Waals surface area (Å²) in [5.41, 5.74) is 5.87. The number of rotatable bonds is 4. The van der Waals surface area contributed by atoms with Crippen LogP contribution in [-0.4, -0.2) is 20.9 Å². The summed E-state index contributed by atoms with van der Waals surface area (Å²) in [6.45, 7) is 0. The van der Waals surface area contributed by atoms with E-state index in [2.05, 4.69) is 15.0 Å². The highest BCUT2D eigenvalue weighted by molar-refractivity contribution is 7.20. The molecule has 2 N–H and O–H groups in total. The van der Waals surface area contributed by atoms with Gasteiger partial charge in [-0.05, 0) is 24.3 Å². The minimum absolute atomic E-state index is 0.157. The summed E-state index contributed by atoms with van der Waals surface area (Å²) in [5, 5.41) is 0.157. The van der Waals surface area contributed by atoms with Crippen molar-refractivity contribution in [2.45, 2.75) is 6.18 Å². The van der Waals surface area contributed by atoms with Crippen molar-refractivity contribution in [2.24, 2.45) is 5.73 Å². The Bertz CT molecular complexity index is 1210. The molecule has 4 aromatic rings. The largest absolute Gasteiger partial charge is 0.437 e. The zero-order valence-corrected chi connectivity index (χ0v) is 15.3. The lowest BCUT2D eigenvalue weighted by molar-refractivity contribution is -0.137. The molecule has 0 fully saturated rings. The van der Waals surface area contributed by atoms with E-state index in [9.17, 15) is 18.0 Å². The van der Waals surface area contributed by atoms with E-state index in [1.807, 2.05) is 0 Å². The zero-order chi connectivity index (χ0) is 20.6. The van der Waals surface area contributed by atoms with E-state index in [0.29, 0.717) is 27.2 Å². The number of fused-ring (bicyclic) bond motifs is 1. The Labute approximate surface area is 165 Å². The van der Waals surface area contributed by atoms with E-state index in [4.69, 9.17) is 10.5 Å².